The maximum Gasteiger partial charge on any atom is 0.322 e. The molecule has 6 nitrogen and oxygen atoms in total. The van der Waals surface area contributed by atoms with Gasteiger partial charge in [-0.1, -0.05) is 0 Å². The van der Waals surface area contributed by atoms with Crippen molar-refractivity contribution < 1.29 is 23.2 Å². The first-order valence-corrected chi connectivity index (χ1v) is 4.10. The molecule has 0 saturated heterocycles. The Morgan fingerprint density at radius 2 is 1.92 bits per heavy atom. The van der Waals surface area contributed by atoms with E-state index in [1.54, 1.807) is 0 Å². The molecule has 0 aromatic rings. The number of carbonyl (C=O) groups is 1. The van der Waals surface area contributed by atoms with Crippen LogP contribution in [0.15, 0.2) is 0 Å². The van der Waals surface area contributed by atoms with Gasteiger partial charge in [0.2, 0.25) is 5.78 Å². The minimum Gasteiger partial charge on any atom is -0.361 e. The van der Waals surface area contributed by atoms with Crippen molar-refractivity contribution in [2.75, 3.05) is 14.2 Å². The molecule has 0 rings (SSSR count). The topological polar surface area (TPSA) is 89.0 Å². The molecule has 0 aliphatic heterocycles. The molecule has 0 saturated carbocycles. The molecule has 0 amide bonds. The molecule has 0 radical (unpaired) electrons. The van der Waals surface area contributed by atoms with Gasteiger partial charge in [0.1, 0.15) is 0 Å². The highest BCUT2D eigenvalue weighted by Gasteiger charge is 1.84. The first-order chi connectivity index (χ1) is 5.58. The Morgan fingerprint density at radius 1 is 1.50 bits per heavy atom. The smallest absolute Gasteiger partial charge is 0.322 e. The molecule has 0 aromatic heterocycles. The fraction of sp³-hybridized carbons (Fsp3) is 0.600. The summed E-state index contributed by atoms with van der Waals surface area (Å²) in [6.07, 6.45) is 0.833. The molecule has 0 atom stereocenters. The van der Waals surface area contributed by atoms with Gasteiger partial charge in [-0.2, -0.15) is 4.79 Å². The summed E-state index contributed by atoms with van der Waals surface area (Å²) in [5, 5.41) is 0. The average Bonchev–Trinajstić information content (AvgIpc) is 2.04. The third kappa shape index (κ3) is 16.1. The van der Waals surface area contributed by atoms with Crippen LogP contribution in [0.4, 0.5) is 0 Å². The summed E-state index contributed by atoms with van der Waals surface area (Å²) in [6, 6.07) is 0. The lowest BCUT2D eigenvalue weighted by Gasteiger charge is -1.89. The monoisotopic (exact) mass is 194 g/mol. The summed E-state index contributed by atoms with van der Waals surface area (Å²) in [5.41, 5.74) is 7.59. The molecular weight excluding hydrogens is 183 g/mol. The highest BCUT2D eigenvalue weighted by atomic mass is 31.1. The molecule has 0 aliphatic rings. The van der Waals surface area contributed by atoms with Gasteiger partial charge < -0.3 is 14.6 Å². The van der Waals surface area contributed by atoms with E-state index in [0.29, 0.717) is 0 Å². The van der Waals surface area contributed by atoms with E-state index in [2.05, 4.69) is 13.8 Å². The van der Waals surface area contributed by atoms with E-state index in [0.717, 1.165) is 6.21 Å². The third-order valence-corrected chi connectivity index (χ3v) is 1.24. The molecule has 0 fully saturated rings. The van der Waals surface area contributed by atoms with Crippen LogP contribution < -0.4 is 0 Å². The Hall–Kier alpha value is -0.800. The minimum absolute atomic E-state index is 0.252. The van der Waals surface area contributed by atoms with Crippen LogP contribution in [-0.4, -0.2) is 31.0 Å². The maximum atomic E-state index is 9.92. The zero-order valence-corrected chi connectivity index (χ0v) is 8.10. The van der Waals surface area contributed by atoms with E-state index in [1.165, 1.54) is 21.1 Å². The zero-order valence-electron chi connectivity index (χ0n) is 7.10. The second-order valence-corrected chi connectivity index (χ2v) is 2.83. The van der Waals surface area contributed by atoms with Crippen molar-refractivity contribution in [3.63, 3.8) is 0 Å². The van der Waals surface area contributed by atoms with Crippen molar-refractivity contribution in [2.24, 2.45) is 0 Å². The Bertz CT molecular complexity index is 194. The predicted octanol–water partition coefficient (Wildman–Crippen LogP) is 0.545. The van der Waals surface area contributed by atoms with Crippen LogP contribution in [0.1, 0.15) is 6.92 Å². The summed E-state index contributed by atoms with van der Waals surface area (Å²) < 4.78 is 18.4. The lowest BCUT2D eigenvalue weighted by molar-refractivity contribution is -0.114. The van der Waals surface area contributed by atoms with Crippen molar-refractivity contribution in [3.8, 4) is 0 Å². The van der Waals surface area contributed by atoms with Crippen LogP contribution in [0.3, 0.4) is 0 Å². The van der Waals surface area contributed by atoms with Crippen LogP contribution in [0, 0.1) is 0 Å². The molecule has 0 heterocycles. The molecule has 0 unspecified atom stereocenters. The SMILES string of the molecule is CC(=O)C=[N+]=[N-].CO[PH](=O)OC. The van der Waals surface area contributed by atoms with E-state index in [1.807, 2.05) is 0 Å². The molecule has 0 bridgehead atoms. The molecule has 70 valence electrons. The van der Waals surface area contributed by atoms with Crippen LogP contribution >= 0.6 is 8.25 Å². The number of ketones is 1. The van der Waals surface area contributed by atoms with Gasteiger partial charge in [0.15, 0.2) is 0 Å². The molecule has 0 aliphatic carbocycles. The third-order valence-electron chi connectivity index (χ3n) is 0.573. The second kappa shape index (κ2) is 10.2. The molecule has 7 heteroatoms. The number of hydrogen-bond donors (Lipinski definition) is 0. The van der Waals surface area contributed by atoms with Gasteiger partial charge in [0.25, 0.3) is 0 Å². The molecular formula is C5H11N2O4P. The van der Waals surface area contributed by atoms with Crippen molar-refractivity contribution in [2.45, 2.75) is 6.92 Å². The van der Waals surface area contributed by atoms with Gasteiger partial charge in [-0.3, -0.25) is 9.36 Å². The quantitative estimate of drug-likeness (QED) is 0.284. The number of nitrogens with zero attached hydrogens (tertiary/aromatic N) is 2. The van der Waals surface area contributed by atoms with Gasteiger partial charge >= 0.3 is 14.5 Å². The van der Waals surface area contributed by atoms with Gasteiger partial charge in [-0.15, -0.1) is 0 Å². The Kier molecular flexibility index (Phi) is 11.7. The highest BCUT2D eigenvalue weighted by molar-refractivity contribution is 7.33. The van der Waals surface area contributed by atoms with E-state index < -0.39 is 8.25 Å². The van der Waals surface area contributed by atoms with Crippen LogP contribution in [0.25, 0.3) is 5.53 Å². The lowest BCUT2D eigenvalue weighted by Crippen LogP contribution is -1.88. The largest absolute Gasteiger partial charge is 0.361 e. The second-order valence-electron chi connectivity index (χ2n) is 1.51. The number of hydrogen-bond acceptors (Lipinski definition) is 4. The normalized spacial score (nSPS) is 8.00. The van der Waals surface area contributed by atoms with Gasteiger partial charge in [-0.25, -0.2) is 0 Å². The summed E-state index contributed by atoms with van der Waals surface area (Å²) in [7, 11) is 0.558. The van der Waals surface area contributed by atoms with Crippen LogP contribution in [0.5, 0.6) is 0 Å². The van der Waals surface area contributed by atoms with Crippen LogP contribution in [-0.2, 0) is 18.4 Å². The molecule has 0 aromatic carbocycles. The summed E-state index contributed by atoms with van der Waals surface area (Å²) in [4.78, 5) is 12.2. The lowest BCUT2D eigenvalue weighted by atomic mass is 10.5. The number of rotatable bonds is 3. The van der Waals surface area contributed by atoms with Gasteiger partial charge in [0, 0.05) is 21.1 Å². The Morgan fingerprint density at radius 3 is 1.92 bits per heavy atom. The van der Waals surface area contributed by atoms with Crippen molar-refractivity contribution in [1.29, 1.82) is 0 Å². The first-order valence-electron chi connectivity index (χ1n) is 2.88. The van der Waals surface area contributed by atoms with Crippen molar-refractivity contribution in [1.82, 2.24) is 0 Å². The van der Waals surface area contributed by atoms with Gasteiger partial charge in [0.05, 0.1) is 0 Å². The van der Waals surface area contributed by atoms with E-state index in [9.17, 15) is 9.36 Å². The fourth-order valence-electron chi connectivity index (χ4n) is 0.165. The summed E-state index contributed by atoms with van der Waals surface area (Å²) in [6.45, 7) is 1.31. The zero-order chi connectivity index (χ0) is 9.98. The van der Waals surface area contributed by atoms with E-state index in [4.69, 9.17) is 5.53 Å². The Labute approximate surface area is 71.1 Å². The summed E-state index contributed by atoms with van der Waals surface area (Å²) >= 11 is 0. The number of Topliss-reactive ketones (excluding diaryl/α,β-unsaturated/α-hetero) is 1. The Balaban J connectivity index is 0. The molecule has 0 N–H and O–H groups in total. The fourth-order valence-corrected chi connectivity index (χ4v) is 0.331. The highest BCUT2D eigenvalue weighted by Crippen LogP contribution is 2.18. The van der Waals surface area contributed by atoms with Crippen molar-refractivity contribution in [3.05, 3.63) is 5.53 Å². The summed E-state index contributed by atoms with van der Waals surface area (Å²) in [5.74, 6) is -0.252. The molecule has 0 spiro atoms. The predicted molar refractivity (Wildman–Crippen MR) is 43.4 cm³/mol. The molecule has 12 heavy (non-hydrogen) atoms. The first kappa shape index (κ1) is 13.8. The van der Waals surface area contributed by atoms with Crippen molar-refractivity contribution >= 4 is 20.3 Å². The van der Waals surface area contributed by atoms with Crippen LogP contribution in [0.2, 0.25) is 0 Å². The maximum absolute atomic E-state index is 9.92. The van der Waals surface area contributed by atoms with Gasteiger partial charge in [-0.05, 0) is 0 Å². The standard InChI is InChI=1S/C3H4N2O.C2H7O3P/c1-3(6)2-5-4;1-4-6(3)5-2/h2H,1H3;6H,1-2H3. The average molecular weight is 194 g/mol. The van der Waals surface area contributed by atoms with E-state index >= 15 is 0 Å². The number of carbonyl (C=O) groups excluding carboxylic acids is 1. The van der Waals surface area contributed by atoms with E-state index in [-0.39, 0.29) is 5.78 Å². The minimum atomic E-state index is -2.12.